The summed E-state index contributed by atoms with van der Waals surface area (Å²) in [5.41, 5.74) is -0.362. The van der Waals surface area contributed by atoms with Crippen molar-refractivity contribution in [3.63, 3.8) is 0 Å². The van der Waals surface area contributed by atoms with E-state index in [4.69, 9.17) is 0 Å². The predicted molar refractivity (Wildman–Crippen MR) is 68.9 cm³/mol. The lowest BCUT2D eigenvalue weighted by atomic mass is 10.0. The lowest BCUT2D eigenvalue weighted by Crippen LogP contribution is -2.44. The molecule has 0 atom stereocenters. The zero-order valence-electron chi connectivity index (χ0n) is 10.0. The molecule has 0 heterocycles. The molecule has 0 aromatic heterocycles. The molecule has 0 saturated heterocycles. The highest BCUT2D eigenvalue weighted by atomic mass is 79.9. The van der Waals surface area contributed by atoms with Crippen molar-refractivity contribution >= 4 is 26.0 Å². The summed E-state index contributed by atoms with van der Waals surface area (Å²) < 4.78 is 26.1. The van der Waals surface area contributed by atoms with Crippen molar-refractivity contribution in [3.8, 4) is 0 Å². The van der Waals surface area contributed by atoms with Gasteiger partial charge in [-0.25, -0.2) is 13.1 Å². The lowest BCUT2D eigenvalue weighted by molar-refractivity contribution is 0.441. The SMILES string of the molecule is CC(C)CCS(=O)(=O)NC(C)(C)CCBr. The first kappa shape index (κ1) is 15.4. The maximum Gasteiger partial charge on any atom is 0.212 e. The van der Waals surface area contributed by atoms with Crippen molar-refractivity contribution < 1.29 is 8.42 Å². The topological polar surface area (TPSA) is 46.2 Å². The normalized spacial score (nSPS) is 13.5. The third kappa shape index (κ3) is 8.22. The Bertz CT molecular complexity index is 273. The first-order valence-corrected chi connectivity index (χ1v) is 8.03. The van der Waals surface area contributed by atoms with Gasteiger partial charge in [0.25, 0.3) is 0 Å². The van der Waals surface area contributed by atoms with Crippen molar-refractivity contribution in [2.24, 2.45) is 5.92 Å². The van der Waals surface area contributed by atoms with Gasteiger partial charge in [0.1, 0.15) is 0 Å². The highest BCUT2D eigenvalue weighted by molar-refractivity contribution is 9.09. The van der Waals surface area contributed by atoms with Gasteiger partial charge in [-0.3, -0.25) is 0 Å². The molecule has 0 bridgehead atoms. The molecule has 0 fully saturated rings. The van der Waals surface area contributed by atoms with E-state index in [9.17, 15) is 8.42 Å². The first-order valence-electron chi connectivity index (χ1n) is 5.26. The van der Waals surface area contributed by atoms with Crippen molar-refractivity contribution in [2.75, 3.05) is 11.1 Å². The summed E-state index contributed by atoms with van der Waals surface area (Å²) in [7, 11) is -3.13. The van der Waals surface area contributed by atoms with Crippen LogP contribution >= 0.6 is 15.9 Å². The first-order chi connectivity index (χ1) is 6.68. The van der Waals surface area contributed by atoms with E-state index in [1.807, 2.05) is 27.7 Å². The quantitative estimate of drug-likeness (QED) is 0.734. The van der Waals surface area contributed by atoms with Crippen LogP contribution in [0, 0.1) is 5.92 Å². The van der Waals surface area contributed by atoms with Gasteiger partial charge < -0.3 is 0 Å². The van der Waals surface area contributed by atoms with E-state index in [-0.39, 0.29) is 11.3 Å². The van der Waals surface area contributed by atoms with Gasteiger partial charge in [-0.2, -0.15) is 0 Å². The van der Waals surface area contributed by atoms with Gasteiger partial charge in [0, 0.05) is 10.9 Å². The van der Waals surface area contributed by atoms with Crippen molar-refractivity contribution in [2.45, 2.75) is 46.1 Å². The van der Waals surface area contributed by atoms with Gasteiger partial charge in [0.05, 0.1) is 5.75 Å². The number of alkyl halides is 1. The van der Waals surface area contributed by atoms with Crippen LogP contribution in [0.25, 0.3) is 0 Å². The van der Waals surface area contributed by atoms with Gasteiger partial charge in [0.15, 0.2) is 0 Å². The Balaban J connectivity index is 4.25. The molecule has 0 saturated carbocycles. The Morgan fingerprint density at radius 2 is 1.87 bits per heavy atom. The standard InChI is InChI=1S/C10H22BrNO2S/c1-9(2)5-8-15(13,14)12-10(3,4)6-7-11/h9,12H,5-8H2,1-4H3. The molecule has 0 aromatic carbocycles. The minimum absolute atomic E-state index is 0.219. The minimum atomic E-state index is -3.13. The average molecular weight is 300 g/mol. The molecule has 0 unspecified atom stereocenters. The molecule has 0 radical (unpaired) electrons. The van der Waals surface area contributed by atoms with Crippen LogP contribution in [-0.4, -0.2) is 25.0 Å². The lowest BCUT2D eigenvalue weighted by Gasteiger charge is -2.25. The molecule has 0 rings (SSSR count). The molecule has 0 amide bonds. The summed E-state index contributed by atoms with van der Waals surface area (Å²) in [6.45, 7) is 7.86. The third-order valence-electron chi connectivity index (χ3n) is 2.12. The molecule has 3 nitrogen and oxygen atoms in total. The van der Waals surface area contributed by atoms with Crippen LogP contribution in [0.2, 0.25) is 0 Å². The molecular weight excluding hydrogens is 278 g/mol. The maximum absolute atomic E-state index is 11.7. The highest BCUT2D eigenvalue weighted by Gasteiger charge is 2.23. The zero-order valence-corrected chi connectivity index (χ0v) is 12.4. The number of rotatable bonds is 7. The minimum Gasteiger partial charge on any atom is -0.212 e. The van der Waals surface area contributed by atoms with Crippen molar-refractivity contribution in [1.29, 1.82) is 0 Å². The monoisotopic (exact) mass is 299 g/mol. The van der Waals surface area contributed by atoms with Gasteiger partial charge in [-0.15, -0.1) is 0 Å². The molecule has 5 heteroatoms. The fourth-order valence-corrected chi connectivity index (χ4v) is 3.97. The maximum atomic E-state index is 11.7. The average Bonchev–Trinajstić information content (AvgIpc) is 1.98. The van der Waals surface area contributed by atoms with Crippen LogP contribution in [0.3, 0.4) is 0 Å². The van der Waals surface area contributed by atoms with Crippen molar-refractivity contribution in [1.82, 2.24) is 4.72 Å². The number of halogens is 1. The molecule has 0 spiro atoms. The molecule has 15 heavy (non-hydrogen) atoms. The van der Waals surface area contributed by atoms with Gasteiger partial charge in [-0.1, -0.05) is 29.8 Å². The largest absolute Gasteiger partial charge is 0.212 e. The van der Waals surface area contributed by atoms with E-state index in [2.05, 4.69) is 20.7 Å². The summed E-state index contributed by atoms with van der Waals surface area (Å²) in [6, 6.07) is 0. The van der Waals surface area contributed by atoms with Crippen LogP contribution in [-0.2, 0) is 10.0 Å². The van der Waals surface area contributed by atoms with Crippen LogP contribution in [0.1, 0.15) is 40.5 Å². The van der Waals surface area contributed by atoms with Gasteiger partial charge >= 0.3 is 0 Å². The van der Waals surface area contributed by atoms with E-state index in [1.165, 1.54) is 0 Å². The van der Waals surface area contributed by atoms with Crippen LogP contribution in [0.5, 0.6) is 0 Å². The Labute approximate surface area is 102 Å². The third-order valence-corrected chi connectivity index (χ3v) is 4.15. The number of nitrogens with one attached hydrogen (secondary N) is 1. The Hall–Kier alpha value is 0.390. The molecule has 0 aromatic rings. The van der Waals surface area contributed by atoms with Crippen molar-refractivity contribution in [3.05, 3.63) is 0 Å². The van der Waals surface area contributed by atoms with E-state index in [1.54, 1.807) is 0 Å². The summed E-state index contributed by atoms with van der Waals surface area (Å²) in [5, 5.41) is 0.798. The fourth-order valence-electron chi connectivity index (χ4n) is 1.15. The van der Waals surface area contributed by atoms with Gasteiger partial charge in [0.2, 0.25) is 10.0 Å². The fraction of sp³-hybridized carbons (Fsp3) is 1.00. The van der Waals surface area contributed by atoms with Gasteiger partial charge in [-0.05, 0) is 32.6 Å². The van der Waals surface area contributed by atoms with Crippen LogP contribution in [0.4, 0.5) is 0 Å². The van der Waals surface area contributed by atoms with E-state index in [0.717, 1.165) is 11.8 Å². The second-order valence-electron chi connectivity index (χ2n) is 4.93. The number of sulfonamides is 1. The molecule has 0 aliphatic heterocycles. The second kappa shape index (κ2) is 6.21. The van der Waals surface area contributed by atoms with Crippen LogP contribution in [0.15, 0.2) is 0 Å². The van der Waals surface area contributed by atoms with E-state index < -0.39 is 10.0 Å². The molecular formula is C10H22BrNO2S. The zero-order chi connectivity index (χ0) is 12.1. The number of hydrogen-bond donors (Lipinski definition) is 1. The summed E-state index contributed by atoms with van der Waals surface area (Å²) in [6.07, 6.45) is 1.49. The van der Waals surface area contributed by atoms with Crippen LogP contribution < -0.4 is 4.72 Å². The number of hydrogen-bond acceptors (Lipinski definition) is 2. The Morgan fingerprint density at radius 1 is 1.33 bits per heavy atom. The predicted octanol–water partition coefficient (Wildman–Crippen LogP) is 2.52. The van der Waals surface area contributed by atoms with E-state index in [0.29, 0.717) is 12.3 Å². The Morgan fingerprint density at radius 3 is 2.27 bits per heavy atom. The summed E-state index contributed by atoms with van der Waals surface area (Å²) in [5.74, 6) is 0.636. The summed E-state index contributed by atoms with van der Waals surface area (Å²) in [4.78, 5) is 0. The Kier molecular flexibility index (Phi) is 6.37. The second-order valence-corrected chi connectivity index (χ2v) is 7.56. The highest BCUT2D eigenvalue weighted by Crippen LogP contribution is 2.13. The summed E-state index contributed by atoms with van der Waals surface area (Å²) >= 11 is 3.32. The molecule has 0 aliphatic carbocycles. The smallest absolute Gasteiger partial charge is 0.212 e. The molecule has 0 aliphatic rings. The van der Waals surface area contributed by atoms with E-state index >= 15 is 0 Å². The molecule has 1 N–H and O–H groups in total. The molecule has 92 valence electrons.